The molecule has 18 heavy (non-hydrogen) atoms. The van der Waals surface area contributed by atoms with E-state index in [1.54, 1.807) is 23.1 Å². The van der Waals surface area contributed by atoms with Crippen molar-refractivity contribution in [2.45, 2.75) is 20.4 Å². The van der Waals surface area contributed by atoms with Crippen LogP contribution in [0.1, 0.15) is 11.4 Å². The van der Waals surface area contributed by atoms with Gasteiger partial charge in [-0.1, -0.05) is 0 Å². The summed E-state index contributed by atoms with van der Waals surface area (Å²) in [5, 5.41) is 6.87. The first-order valence-electron chi connectivity index (χ1n) is 5.34. The summed E-state index contributed by atoms with van der Waals surface area (Å²) >= 11 is 3.42. The molecule has 0 aliphatic rings. The molecule has 2 heterocycles. The first-order valence-corrected chi connectivity index (χ1v) is 6.13. The molecule has 0 saturated heterocycles. The van der Waals surface area contributed by atoms with Crippen LogP contribution in [-0.2, 0) is 11.3 Å². The van der Waals surface area contributed by atoms with Gasteiger partial charge in [0.25, 0.3) is 0 Å². The smallest absolute Gasteiger partial charge is 0.248 e. The van der Waals surface area contributed by atoms with Crippen molar-refractivity contribution in [3.05, 3.63) is 34.3 Å². The average molecular weight is 310 g/mol. The maximum Gasteiger partial charge on any atom is 0.248 e. The summed E-state index contributed by atoms with van der Waals surface area (Å²) in [6, 6.07) is 1.69. The Labute approximate surface area is 113 Å². The third-order valence-electron chi connectivity index (χ3n) is 2.40. The summed E-state index contributed by atoms with van der Waals surface area (Å²) in [5.41, 5.74) is 1.77. The van der Waals surface area contributed by atoms with E-state index in [2.05, 4.69) is 36.3 Å². The summed E-state index contributed by atoms with van der Waals surface area (Å²) in [6.07, 6.45) is 3.14. The number of amides is 1. The summed E-state index contributed by atoms with van der Waals surface area (Å²) in [7, 11) is 0. The van der Waals surface area contributed by atoms with Crippen LogP contribution in [0.5, 0.6) is 0 Å². The van der Waals surface area contributed by atoms with Crippen molar-refractivity contribution in [1.29, 1.82) is 0 Å². The molecule has 0 radical (unpaired) electrons. The largest absolute Gasteiger partial charge is 0.293 e. The van der Waals surface area contributed by atoms with E-state index < -0.39 is 0 Å². The molecule has 1 N–H and O–H groups in total. The molecule has 0 fully saturated rings. The molecule has 0 atom stereocenters. The molecule has 0 bridgehead atoms. The number of aryl methyl sites for hydroxylation is 1. The summed E-state index contributed by atoms with van der Waals surface area (Å²) in [5.74, 6) is 0.0856. The fraction of sp³-hybridized carbons (Fsp3) is 0.273. The lowest BCUT2D eigenvalue weighted by Gasteiger charge is -2.05. The topological polar surface area (TPSA) is 72.7 Å². The van der Waals surface area contributed by atoms with Gasteiger partial charge in [0.15, 0.2) is 0 Å². The van der Waals surface area contributed by atoms with Gasteiger partial charge in [0.2, 0.25) is 11.9 Å². The Kier molecular flexibility index (Phi) is 3.71. The van der Waals surface area contributed by atoms with Crippen LogP contribution in [-0.4, -0.2) is 25.7 Å². The normalized spacial score (nSPS) is 10.4. The van der Waals surface area contributed by atoms with Gasteiger partial charge >= 0.3 is 0 Å². The van der Waals surface area contributed by atoms with Crippen LogP contribution in [0.2, 0.25) is 0 Å². The number of aromatic nitrogens is 4. The van der Waals surface area contributed by atoms with Crippen LogP contribution < -0.4 is 5.32 Å². The van der Waals surface area contributed by atoms with Gasteiger partial charge in [-0.15, -0.1) is 0 Å². The Morgan fingerprint density at radius 2 is 2.06 bits per heavy atom. The van der Waals surface area contributed by atoms with E-state index >= 15 is 0 Å². The van der Waals surface area contributed by atoms with Gasteiger partial charge < -0.3 is 0 Å². The number of anilines is 1. The number of nitrogens with zero attached hydrogens (tertiary/aromatic N) is 4. The van der Waals surface area contributed by atoms with Crippen molar-refractivity contribution in [1.82, 2.24) is 19.7 Å². The number of nitrogens with one attached hydrogen (secondary N) is 1. The Balaban J connectivity index is 2.06. The molecular weight excluding hydrogens is 298 g/mol. The standard InChI is InChI=1S/C11H12BrN5O/c1-7-10(12)8(2)17(16-7)6-9(18)15-11-13-4-3-5-14-11/h3-5H,6H2,1-2H3,(H,13,14,15,18). The first kappa shape index (κ1) is 12.7. The number of carbonyl (C=O) groups excluding carboxylic acids is 1. The average Bonchev–Trinajstić information content (AvgIpc) is 2.58. The Morgan fingerprint density at radius 1 is 1.39 bits per heavy atom. The summed E-state index contributed by atoms with van der Waals surface area (Å²) in [4.78, 5) is 19.6. The highest BCUT2D eigenvalue weighted by atomic mass is 79.9. The van der Waals surface area contributed by atoms with Crippen molar-refractivity contribution in [2.75, 3.05) is 5.32 Å². The minimum Gasteiger partial charge on any atom is -0.293 e. The van der Waals surface area contributed by atoms with Crippen molar-refractivity contribution >= 4 is 27.8 Å². The molecule has 2 aromatic rings. The van der Waals surface area contributed by atoms with E-state index in [9.17, 15) is 4.79 Å². The number of carbonyl (C=O) groups is 1. The van der Waals surface area contributed by atoms with Crippen LogP contribution in [0.3, 0.4) is 0 Å². The lowest BCUT2D eigenvalue weighted by molar-refractivity contribution is -0.117. The van der Waals surface area contributed by atoms with Crippen molar-refractivity contribution in [3.63, 3.8) is 0 Å². The third kappa shape index (κ3) is 2.73. The van der Waals surface area contributed by atoms with Gasteiger partial charge in [0, 0.05) is 12.4 Å². The molecule has 0 aliphatic carbocycles. The zero-order valence-electron chi connectivity index (χ0n) is 10.0. The molecule has 2 rings (SSSR count). The molecule has 6 nitrogen and oxygen atoms in total. The minimum absolute atomic E-state index is 0.135. The zero-order chi connectivity index (χ0) is 13.1. The van der Waals surface area contributed by atoms with E-state index in [1.165, 1.54) is 0 Å². The first-order chi connectivity index (χ1) is 8.58. The third-order valence-corrected chi connectivity index (χ3v) is 3.55. The lowest BCUT2D eigenvalue weighted by atomic mass is 10.4. The van der Waals surface area contributed by atoms with E-state index in [0.717, 1.165) is 15.9 Å². The van der Waals surface area contributed by atoms with Crippen LogP contribution in [0.4, 0.5) is 5.95 Å². The maximum atomic E-state index is 11.8. The monoisotopic (exact) mass is 309 g/mol. The van der Waals surface area contributed by atoms with Crippen molar-refractivity contribution < 1.29 is 4.79 Å². The Hall–Kier alpha value is -1.76. The molecule has 0 aromatic carbocycles. The molecule has 0 aliphatic heterocycles. The van der Waals surface area contributed by atoms with Gasteiger partial charge in [-0.3, -0.25) is 14.8 Å². The van der Waals surface area contributed by atoms with Crippen LogP contribution in [0.15, 0.2) is 22.9 Å². The molecular formula is C11H12BrN5O. The molecule has 94 valence electrons. The Morgan fingerprint density at radius 3 is 2.61 bits per heavy atom. The van der Waals surface area contributed by atoms with E-state index in [1.807, 2.05) is 13.8 Å². The number of rotatable bonds is 3. The lowest BCUT2D eigenvalue weighted by Crippen LogP contribution is -2.21. The van der Waals surface area contributed by atoms with Crippen LogP contribution >= 0.6 is 15.9 Å². The minimum atomic E-state index is -0.209. The van der Waals surface area contributed by atoms with Gasteiger partial charge in [0.1, 0.15) is 6.54 Å². The highest BCUT2D eigenvalue weighted by molar-refractivity contribution is 9.10. The summed E-state index contributed by atoms with van der Waals surface area (Å²) in [6.45, 7) is 3.92. The fourth-order valence-corrected chi connectivity index (χ4v) is 1.78. The van der Waals surface area contributed by atoms with E-state index in [0.29, 0.717) is 5.95 Å². The van der Waals surface area contributed by atoms with Crippen LogP contribution in [0, 0.1) is 13.8 Å². The molecule has 0 saturated carbocycles. The quantitative estimate of drug-likeness (QED) is 0.936. The van der Waals surface area contributed by atoms with Gasteiger partial charge in [-0.25, -0.2) is 9.97 Å². The number of hydrogen-bond donors (Lipinski definition) is 1. The predicted octanol–water partition coefficient (Wildman–Crippen LogP) is 1.69. The second-order valence-corrected chi connectivity index (χ2v) is 4.56. The molecule has 7 heteroatoms. The number of halogens is 1. The fourth-order valence-electron chi connectivity index (χ4n) is 1.49. The van der Waals surface area contributed by atoms with Gasteiger partial charge in [-0.2, -0.15) is 5.10 Å². The second kappa shape index (κ2) is 5.26. The molecule has 0 spiro atoms. The van der Waals surface area contributed by atoms with Crippen molar-refractivity contribution in [2.24, 2.45) is 0 Å². The van der Waals surface area contributed by atoms with E-state index in [-0.39, 0.29) is 12.5 Å². The highest BCUT2D eigenvalue weighted by Gasteiger charge is 2.12. The van der Waals surface area contributed by atoms with Gasteiger partial charge in [0.05, 0.1) is 15.9 Å². The van der Waals surface area contributed by atoms with Crippen molar-refractivity contribution in [3.8, 4) is 0 Å². The highest BCUT2D eigenvalue weighted by Crippen LogP contribution is 2.19. The van der Waals surface area contributed by atoms with E-state index in [4.69, 9.17) is 0 Å². The zero-order valence-corrected chi connectivity index (χ0v) is 11.6. The Bertz CT molecular complexity index is 566. The van der Waals surface area contributed by atoms with Gasteiger partial charge in [-0.05, 0) is 35.8 Å². The summed E-state index contributed by atoms with van der Waals surface area (Å²) < 4.78 is 2.56. The molecule has 1 amide bonds. The predicted molar refractivity (Wildman–Crippen MR) is 70.1 cm³/mol. The second-order valence-electron chi connectivity index (χ2n) is 3.76. The molecule has 0 unspecified atom stereocenters. The number of hydrogen-bond acceptors (Lipinski definition) is 4. The molecule has 2 aromatic heterocycles. The van der Waals surface area contributed by atoms with Crippen LogP contribution in [0.25, 0.3) is 0 Å². The maximum absolute atomic E-state index is 11.8. The SMILES string of the molecule is Cc1nn(CC(=O)Nc2ncccn2)c(C)c1Br.